The Hall–Kier alpha value is -1.30. The highest BCUT2D eigenvalue weighted by molar-refractivity contribution is 6.42. The molecule has 1 aromatic carbocycles. The fraction of sp³-hybridized carbons (Fsp3) is 0.500. The van der Waals surface area contributed by atoms with Crippen molar-refractivity contribution in [2.75, 3.05) is 18.4 Å². The van der Waals surface area contributed by atoms with Crippen LogP contribution in [0.4, 0.5) is 5.69 Å². The van der Waals surface area contributed by atoms with E-state index in [1.54, 1.807) is 23.1 Å². The number of piperidine rings is 1. The van der Waals surface area contributed by atoms with Crippen LogP contribution in [0.2, 0.25) is 10.0 Å². The second-order valence-electron chi connectivity index (χ2n) is 5.95. The van der Waals surface area contributed by atoms with Crippen molar-refractivity contribution < 1.29 is 9.59 Å². The third-order valence-corrected chi connectivity index (χ3v) is 4.64. The number of carbonyl (C=O) groups is 2. The number of hydrogen-bond donors (Lipinski definition) is 2. The van der Waals surface area contributed by atoms with Gasteiger partial charge in [0.05, 0.1) is 10.0 Å². The molecule has 5 nitrogen and oxygen atoms in total. The number of halogens is 2. The predicted octanol–water partition coefficient (Wildman–Crippen LogP) is 2.91. The molecule has 1 aliphatic rings. The van der Waals surface area contributed by atoms with Crippen molar-refractivity contribution in [1.82, 2.24) is 4.90 Å². The van der Waals surface area contributed by atoms with Gasteiger partial charge in [-0.15, -0.1) is 0 Å². The van der Waals surface area contributed by atoms with Gasteiger partial charge in [0.2, 0.25) is 11.8 Å². The van der Waals surface area contributed by atoms with Gasteiger partial charge >= 0.3 is 0 Å². The van der Waals surface area contributed by atoms with Crippen LogP contribution in [0.5, 0.6) is 0 Å². The van der Waals surface area contributed by atoms with Gasteiger partial charge in [0.1, 0.15) is 0 Å². The smallest absolute Gasteiger partial charge is 0.227 e. The Morgan fingerprint density at radius 1 is 1.30 bits per heavy atom. The van der Waals surface area contributed by atoms with E-state index in [1.165, 1.54) is 0 Å². The van der Waals surface area contributed by atoms with E-state index in [-0.39, 0.29) is 23.8 Å². The van der Waals surface area contributed by atoms with Crippen molar-refractivity contribution >= 4 is 40.7 Å². The van der Waals surface area contributed by atoms with E-state index in [0.29, 0.717) is 48.1 Å². The Morgan fingerprint density at radius 3 is 2.52 bits per heavy atom. The fourth-order valence-corrected chi connectivity index (χ4v) is 2.91. The van der Waals surface area contributed by atoms with Crippen molar-refractivity contribution in [1.29, 1.82) is 0 Å². The Balaban J connectivity index is 1.86. The Bertz CT molecular complexity index is 585. The van der Waals surface area contributed by atoms with Gasteiger partial charge in [-0.05, 0) is 38.0 Å². The van der Waals surface area contributed by atoms with Crippen LogP contribution in [0, 0.1) is 5.92 Å². The van der Waals surface area contributed by atoms with E-state index < -0.39 is 0 Å². The molecule has 1 saturated heterocycles. The average molecular weight is 358 g/mol. The summed E-state index contributed by atoms with van der Waals surface area (Å²) in [6, 6.07) is 4.85. The maximum atomic E-state index is 12.3. The largest absolute Gasteiger partial charge is 0.343 e. The van der Waals surface area contributed by atoms with Crippen LogP contribution >= 0.6 is 23.2 Å². The monoisotopic (exact) mass is 357 g/mol. The molecule has 23 heavy (non-hydrogen) atoms. The van der Waals surface area contributed by atoms with E-state index in [0.717, 1.165) is 0 Å². The first-order valence-corrected chi connectivity index (χ1v) is 8.41. The zero-order valence-electron chi connectivity index (χ0n) is 13.0. The summed E-state index contributed by atoms with van der Waals surface area (Å²) in [6.45, 7) is 2.99. The lowest BCUT2D eigenvalue weighted by Crippen LogP contribution is -2.42. The Labute approximate surface area is 146 Å². The lowest BCUT2D eigenvalue weighted by molar-refractivity contribution is -0.134. The lowest BCUT2D eigenvalue weighted by atomic mass is 9.95. The molecule has 0 aliphatic carbocycles. The summed E-state index contributed by atoms with van der Waals surface area (Å²) in [5, 5.41) is 3.70. The van der Waals surface area contributed by atoms with Crippen LogP contribution in [-0.4, -0.2) is 35.8 Å². The molecule has 7 heteroatoms. The lowest BCUT2D eigenvalue weighted by Gasteiger charge is -2.31. The molecule has 3 N–H and O–H groups in total. The standard InChI is InChI=1S/C16H21Cl2N3O2/c1-10(19)8-15(22)21-6-4-11(5-7-21)16(23)20-12-2-3-13(17)14(18)9-12/h2-3,9-11H,4-8,19H2,1H3,(H,20,23). The molecule has 1 fully saturated rings. The minimum atomic E-state index is -0.141. The highest BCUT2D eigenvalue weighted by Crippen LogP contribution is 2.26. The second kappa shape index (κ2) is 7.99. The van der Waals surface area contributed by atoms with Crippen LogP contribution in [0.15, 0.2) is 18.2 Å². The highest BCUT2D eigenvalue weighted by atomic mass is 35.5. The van der Waals surface area contributed by atoms with Gasteiger partial charge in [0, 0.05) is 37.2 Å². The molecule has 126 valence electrons. The summed E-state index contributed by atoms with van der Waals surface area (Å²) in [7, 11) is 0. The summed E-state index contributed by atoms with van der Waals surface area (Å²) >= 11 is 11.8. The predicted molar refractivity (Wildman–Crippen MR) is 92.7 cm³/mol. The van der Waals surface area contributed by atoms with Crippen LogP contribution < -0.4 is 11.1 Å². The first kappa shape index (κ1) is 18.0. The molecule has 1 aromatic rings. The van der Waals surface area contributed by atoms with Gasteiger partial charge in [0.25, 0.3) is 0 Å². The first-order chi connectivity index (χ1) is 10.9. The molecule has 2 rings (SSSR count). The fourth-order valence-electron chi connectivity index (χ4n) is 2.61. The summed E-state index contributed by atoms with van der Waals surface area (Å²) < 4.78 is 0. The molecule has 0 spiro atoms. The van der Waals surface area contributed by atoms with Crippen LogP contribution in [0.1, 0.15) is 26.2 Å². The van der Waals surface area contributed by atoms with E-state index >= 15 is 0 Å². The van der Waals surface area contributed by atoms with Crippen LogP contribution in [0.25, 0.3) is 0 Å². The SMILES string of the molecule is CC(N)CC(=O)N1CCC(C(=O)Nc2ccc(Cl)c(Cl)c2)CC1. The summed E-state index contributed by atoms with van der Waals surface area (Å²) in [5.74, 6) is -0.102. The topological polar surface area (TPSA) is 75.4 Å². The molecular weight excluding hydrogens is 337 g/mol. The van der Waals surface area contributed by atoms with Gasteiger partial charge in [0.15, 0.2) is 0 Å². The maximum Gasteiger partial charge on any atom is 0.227 e. The van der Waals surface area contributed by atoms with Gasteiger partial charge in [-0.25, -0.2) is 0 Å². The summed E-state index contributed by atoms with van der Waals surface area (Å²) in [5.41, 5.74) is 6.28. The zero-order valence-corrected chi connectivity index (χ0v) is 14.5. The Kier molecular flexibility index (Phi) is 6.27. The minimum Gasteiger partial charge on any atom is -0.343 e. The van der Waals surface area contributed by atoms with Gasteiger partial charge in [-0.3, -0.25) is 9.59 Å². The number of carbonyl (C=O) groups excluding carboxylic acids is 2. The molecule has 0 aromatic heterocycles. The third-order valence-electron chi connectivity index (χ3n) is 3.90. The number of nitrogens with zero attached hydrogens (tertiary/aromatic N) is 1. The first-order valence-electron chi connectivity index (χ1n) is 7.66. The van der Waals surface area contributed by atoms with Crippen LogP contribution in [-0.2, 0) is 9.59 Å². The molecule has 1 unspecified atom stereocenters. The van der Waals surface area contributed by atoms with E-state index in [1.807, 2.05) is 6.92 Å². The molecule has 1 heterocycles. The number of likely N-dealkylation sites (tertiary alicyclic amines) is 1. The molecule has 1 atom stereocenters. The number of nitrogens with one attached hydrogen (secondary N) is 1. The zero-order chi connectivity index (χ0) is 17.0. The maximum absolute atomic E-state index is 12.3. The highest BCUT2D eigenvalue weighted by Gasteiger charge is 2.27. The van der Waals surface area contributed by atoms with Crippen molar-refractivity contribution in [3.05, 3.63) is 28.2 Å². The van der Waals surface area contributed by atoms with Crippen LogP contribution in [0.3, 0.4) is 0 Å². The quantitative estimate of drug-likeness (QED) is 0.869. The van der Waals surface area contributed by atoms with Crippen molar-refractivity contribution in [3.63, 3.8) is 0 Å². The molecule has 0 radical (unpaired) electrons. The Morgan fingerprint density at radius 2 is 1.96 bits per heavy atom. The van der Waals surface area contributed by atoms with E-state index in [2.05, 4.69) is 5.32 Å². The summed E-state index contributed by atoms with van der Waals surface area (Å²) in [4.78, 5) is 26.1. The number of amides is 2. The second-order valence-corrected chi connectivity index (χ2v) is 6.77. The van der Waals surface area contributed by atoms with Gasteiger partial charge < -0.3 is 16.0 Å². The van der Waals surface area contributed by atoms with E-state index in [4.69, 9.17) is 28.9 Å². The molecule has 1 aliphatic heterocycles. The van der Waals surface area contributed by atoms with Gasteiger partial charge in [-0.2, -0.15) is 0 Å². The summed E-state index contributed by atoms with van der Waals surface area (Å²) in [6.07, 6.45) is 1.65. The van der Waals surface area contributed by atoms with Crippen molar-refractivity contribution in [2.45, 2.75) is 32.2 Å². The molecule has 2 amide bonds. The molecule has 0 bridgehead atoms. The number of hydrogen-bond acceptors (Lipinski definition) is 3. The number of benzene rings is 1. The molecular formula is C16H21Cl2N3O2. The van der Waals surface area contributed by atoms with Gasteiger partial charge in [-0.1, -0.05) is 23.2 Å². The number of rotatable bonds is 4. The normalized spacial score (nSPS) is 17.0. The minimum absolute atomic E-state index is 0.0531. The van der Waals surface area contributed by atoms with E-state index in [9.17, 15) is 9.59 Å². The van der Waals surface area contributed by atoms with Crippen molar-refractivity contribution in [2.24, 2.45) is 11.7 Å². The molecule has 0 saturated carbocycles. The third kappa shape index (κ3) is 5.09. The number of anilines is 1. The number of nitrogens with two attached hydrogens (primary N) is 1. The van der Waals surface area contributed by atoms with Crippen molar-refractivity contribution in [3.8, 4) is 0 Å². The average Bonchev–Trinajstić information content (AvgIpc) is 2.50.